The van der Waals surface area contributed by atoms with E-state index in [1.165, 1.54) is 11.1 Å². The van der Waals surface area contributed by atoms with Crippen LogP contribution in [0.15, 0.2) is 54.6 Å². The Morgan fingerprint density at radius 2 is 1.60 bits per heavy atom. The predicted molar refractivity (Wildman–Crippen MR) is 84.0 cm³/mol. The molecule has 0 spiro atoms. The maximum Gasteiger partial charge on any atom is 0.107 e. The molecule has 0 radical (unpaired) electrons. The van der Waals surface area contributed by atoms with Gasteiger partial charge in [0.1, 0.15) is 6.67 Å². The SMILES string of the molecule is CC(C)c1ccc(N(CCF)Cc2ccccc2)cc1. The molecule has 0 saturated heterocycles. The summed E-state index contributed by atoms with van der Waals surface area (Å²) in [6.45, 7) is 5.19. The molecule has 0 heterocycles. The molecule has 0 unspecified atom stereocenters. The van der Waals surface area contributed by atoms with Crippen molar-refractivity contribution in [2.45, 2.75) is 26.3 Å². The highest BCUT2D eigenvalue weighted by Gasteiger charge is 2.08. The molecule has 0 fully saturated rings. The summed E-state index contributed by atoms with van der Waals surface area (Å²) >= 11 is 0. The van der Waals surface area contributed by atoms with Crippen molar-refractivity contribution in [2.24, 2.45) is 0 Å². The largest absolute Gasteiger partial charge is 0.365 e. The molecule has 1 nitrogen and oxygen atoms in total. The van der Waals surface area contributed by atoms with Crippen LogP contribution in [0.25, 0.3) is 0 Å². The highest BCUT2D eigenvalue weighted by molar-refractivity contribution is 5.48. The Hall–Kier alpha value is -1.83. The Morgan fingerprint density at radius 1 is 0.950 bits per heavy atom. The topological polar surface area (TPSA) is 3.24 Å². The molecule has 2 rings (SSSR count). The first kappa shape index (κ1) is 14.6. The highest BCUT2D eigenvalue weighted by Crippen LogP contribution is 2.21. The number of halogens is 1. The van der Waals surface area contributed by atoms with E-state index in [9.17, 15) is 4.39 Å². The van der Waals surface area contributed by atoms with Crippen molar-refractivity contribution >= 4 is 5.69 Å². The molecule has 2 aromatic rings. The molecule has 0 bridgehead atoms. The number of benzene rings is 2. The van der Waals surface area contributed by atoms with Gasteiger partial charge in [-0.1, -0.05) is 56.3 Å². The van der Waals surface area contributed by atoms with E-state index in [1.807, 2.05) is 18.2 Å². The molecule has 0 amide bonds. The zero-order valence-corrected chi connectivity index (χ0v) is 12.2. The molecular formula is C18H22FN. The molecular weight excluding hydrogens is 249 g/mol. The first-order valence-electron chi connectivity index (χ1n) is 7.15. The van der Waals surface area contributed by atoms with E-state index in [4.69, 9.17) is 0 Å². The van der Waals surface area contributed by atoms with Crippen LogP contribution < -0.4 is 4.90 Å². The summed E-state index contributed by atoms with van der Waals surface area (Å²) in [4.78, 5) is 2.08. The Bertz CT molecular complexity index is 505. The molecule has 0 saturated carbocycles. The van der Waals surface area contributed by atoms with Gasteiger partial charge in [0, 0.05) is 18.8 Å². The summed E-state index contributed by atoms with van der Waals surface area (Å²) in [5.74, 6) is 0.521. The van der Waals surface area contributed by atoms with Crippen LogP contribution in [0.2, 0.25) is 0 Å². The maximum atomic E-state index is 12.8. The third kappa shape index (κ3) is 3.83. The van der Waals surface area contributed by atoms with E-state index in [2.05, 4.69) is 55.1 Å². The van der Waals surface area contributed by atoms with Gasteiger partial charge in [0.2, 0.25) is 0 Å². The number of nitrogens with zero attached hydrogens (tertiary/aromatic N) is 1. The fourth-order valence-corrected chi connectivity index (χ4v) is 2.28. The molecule has 0 N–H and O–H groups in total. The monoisotopic (exact) mass is 271 g/mol. The lowest BCUT2D eigenvalue weighted by molar-refractivity contribution is 0.489. The van der Waals surface area contributed by atoms with Gasteiger partial charge in [0.25, 0.3) is 0 Å². The summed E-state index contributed by atoms with van der Waals surface area (Å²) in [5, 5.41) is 0. The van der Waals surface area contributed by atoms with Crippen molar-refractivity contribution in [3.8, 4) is 0 Å². The molecule has 2 heteroatoms. The quantitative estimate of drug-likeness (QED) is 0.730. The van der Waals surface area contributed by atoms with Gasteiger partial charge in [0.05, 0.1) is 0 Å². The van der Waals surface area contributed by atoms with Crippen LogP contribution in [-0.2, 0) is 6.54 Å². The number of hydrogen-bond acceptors (Lipinski definition) is 1. The molecule has 0 aromatic heterocycles. The van der Waals surface area contributed by atoms with Crippen molar-refractivity contribution in [2.75, 3.05) is 18.1 Å². The summed E-state index contributed by atoms with van der Waals surface area (Å²) in [5.41, 5.74) is 3.60. The van der Waals surface area contributed by atoms with Gasteiger partial charge in [-0.05, 0) is 29.2 Å². The van der Waals surface area contributed by atoms with Crippen LogP contribution in [0, 0.1) is 0 Å². The van der Waals surface area contributed by atoms with Crippen molar-refractivity contribution in [3.63, 3.8) is 0 Å². The summed E-state index contributed by atoms with van der Waals surface area (Å²) < 4.78 is 12.8. The van der Waals surface area contributed by atoms with E-state index in [0.29, 0.717) is 12.5 Å². The van der Waals surface area contributed by atoms with Crippen LogP contribution in [0.5, 0.6) is 0 Å². The lowest BCUT2D eigenvalue weighted by Crippen LogP contribution is -2.25. The predicted octanol–water partition coefficient (Wildman–Crippen LogP) is 4.79. The fourth-order valence-electron chi connectivity index (χ4n) is 2.28. The first-order chi connectivity index (χ1) is 9.70. The van der Waals surface area contributed by atoms with Crippen molar-refractivity contribution in [1.29, 1.82) is 0 Å². The third-order valence-corrected chi connectivity index (χ3v) is 3.50. The van der Waals surface area contributed by atoms with Crippen molar-refractivity contribution in [3.05, 3.63) is 65.7 Å². The Labute approximate surface area is 121 Å². The first-order valence-corrected chi connectivity index (χ1v) is 7.15. The molecule has 106 valence electrons. The second-order valence-electron chi connectivity index (χ2n) is 5.34. The zero-order chi connectivity index (χ0) is 14.4. The second-order valence-corrected chi connectivity index (χ2v) is 5.34. The van der Waals surface area contributed by atoms with Crippen LogP contribution in [0.3, 0.4) is 0 Å². The third-order valence-electron chi connectivity index (χ3n) is 3.50. The average molecular weight is 271 g/mol. The summed E-state index contributed by atoms with van der Waals surface area (Å²) in [6.07, 6.45) is 0. The molecule has 2 aromatic carbocycles. The summed E-state index contributed by atoms with van der Waals surface area (Å²) in [7, 11) is 0. The van der Waals surface area contributed by atoms with E-state index in [0.717, 1.165) is 12.2 Å². The lowest BCUT2D eigenvalue weighted by Gasteiger charge is -2.24. The fraction of sp³-hybridized carbons (Fsp3) is 0.333. The van der Waals surface area contributed by atoms with Crippen molar-refractivity contribution in [1.82, 2.24) is 0 Å². The molecule has 0 atom stereocenters. The second kappa shape index (κ2) is 7.09. The van der Waals surface area contributed by atoms with Gasteiger partial charge in [-0.15, -0.1) is 0 Å². The van der Waals surface area contributed by atoms with Gasteiger partial charge in [-0.2, -0.15) is 0 Å². The highest BCUT2D eigenvalue weighted by atomic mass is 19.1. The molecule has 0 aliphatic carbocycles. The Morgan fingerprint density at radius 3 is 2.15 bits per heavy atom. The number of rotatable bonds is 6. The van der Waals surface area contributed by atoms with Gasteiger partial charge in [-0.3, -0.25) is 0 Å². The normalized spacial score (nSPS) is 10.8. The minimum absolute atomic E-state index is 0.335. The lowest BCUT2D eigenvalue weighted by atomic mass is 10.0. The van der Waals surface area contributed by atoms with Gasteiger partial charge in [-0.25, -0.2) is 4.39 Å². The summed E-state index contributed by atoms with van der Waals surface area (Å²) in [6, 6.07) is 18.6. The standard InChI is InChI=1S/C18H22FN/c1-15(2)17-8-10-18(11-9-17)20(13-12-19)14-16-6-4-3-5-7-16/h3-11,15H,12-14H2,1-2H3. The van der Waals surface area contributed by atoms with Crippen LogP contribution in [-0.4, -0.2) is 13.2 Å². The van der Waals surface area contributed by atoms with E-state index in [1.54, 1.807) is 0 Å². The van der Waals surface area contributed by atoms with E-state index in [-0.39, 0.29) is 6.67 Å². The smallest absolute Gasteiger partial charge is 0.107 e. The van der Waals surface area contributed by atoms with Crippen LogP contribution >= 0.6 is 0 Å². The van der Waals surface area contributed by atoms with E-state index >= 15 is 0 Å². The van der Waals surface area contributed by atoms with Crippen LogP contribution in [0.1, 0.15) is 30.9 Å². The molecule has 20 heavy (non-hydrogen) atoms. The minimum atomic E-state index is -0.335. The zero-order valence-electron chi connectivity index (χ0n) is 12.2. The molecule has 0 aliphatic heterocycles. The average Bonchev–Trinajstić information content (AvgIpc) is 2.48. The van der Waals surface area contributed by atoms with Gasteiger partial charge < -0.3 is 4.90 Å². The van der Waals surface area contributed by atoms with Crippen molar-refractivity contribution < 1.29 is 4.39 Å². The minimum Gasteiger partial charge on any atom is -0.365 e. The van der Waals surface area contributed by atoms with Crippen LogP contribution in [0.4, 0.5) is 10.1 Å². The van der Waals surface area contributed by atoms with Gasteiger partial charge in [0.15, 0.2) is 0 Å². The Kier molecular flexibility index (Phi) is 5.16. The number of alkyl halides is 1. The Balaban J connectivity index is 2.15. The maximum absolute atomic E-state index is 12.8. The molecule has 0 aliphatic rings. The van der Waals surface area contributed by atoms with E-state index < -0.39 is 0 Å². The number of anilines is 1. The van der Waals surface area contributed by atoms with Gasteiger partial charge >= 0.3 is 0 Å². The number of hydrogen-bond donors (Lipinski definition) is 0.